The van der Waals surface area contributed by atoms with Crippen LogP contribution in [0.4, 0.5) is 0 Å². The lowest BCUT2D eigenvalue weighted by Crippen LogP contribution is -2.58. The van der Waals surface area contributed by atoms with E-state index in [1.807, 2.05) is 39.8 Å². The Bertz CT molecular complexity index is 919. The molecule has 0 aliphatic carbocycles. The minimum Gasteiger partial charge on any atom is -0.391 e. The fraction of sp³-hybridized carbons (Fsp3) is 0.615. The summed E-state index contributed by atoms with van der Waals surface area (Å²) in [4.78, 5) is 40.9. The van der Waals surface area contributed by atoms with Gasteiger partial charge in [-0.3, -0.25) is 14.4 Å². The molecule has 4 unspecified atom stereocenters. The van der Waals surface area contributed by atoms with E-state index in [9.17, 15) is 19.5 Å². The number of amides is 2. The normalized spacial score (nSPS) is 20.6. The molecule has 0 saturated carbocycles. The smallest absolute Gasteiger partial charge is 0.246 e. The van der Waals surface area contributed by atoms with Gasteiger partial charge >= 0.3 is 0 Å². The van der Waals surface area contributed by atoms with E-state index in [0.717, 1.165) is 5.56 Å². The highest BCUT2D eigenvalue weighted by molar-refractivity contribution is 5.94. The molecule has 1 aromatic carbocycles. The van der Waals surface area contributed by atoms with Crippen LogP contribution in [-0.2, 0) is 14.4 Å². The van der Waals surface area contributed by atoms with Crippen molar-refractivity contribution in [3.63, 3.8) is 0 Å². The van der Waals surface area contributed by atoms with Crippen molar-refractivity contribution in [2.24, 2.45) is 10.8 Å². The van der Waals surface area contributed by atoms with Crippen LogP contribution in [0.25, 0.3) is 0 Å². The number of β-amino-alcohol motifs (C(OH)–C–C–N with tert-alkyl or cyclic N) is 1. The maximum Gasteiger partial charge on any atom is 0.246 e. The van der Waals surface area contributed by atoms with Gasteiger partial charge in [0, 0.05) is 24.8 Å². The highest BCUT2D eigenvalue weighted by Crippen LogP contribution is 2.29. The maximum absolute atomic E-state index is 13.6. The van der Waals surface area contributed by atoms with E-state index in [1.165, 1.54) is 4.90 Å². The second-order valence-electron chi connectivity index (χ2n) is 11.2. The average Bonchev–Trinajstić information content (AvgIpc) is 3.11. The fourth-order valence-corrected chi connectivity index (χ4v) is 3.97. The SMILES string of the molecule is CC(CC(=O)C1CC(O)CN1C(=O)C(NC(=O)C(C)(C)C)C(C)(C)C)c1ccc(C#N)cc1. The van der Waals surface area contributed by atoms with Gasteiger partial charge in [0.25, 0.3) is 0 Å². The Labute approximate surface area is 197 Å². The highest BCUT2D eigenvalue weighted by Gasteiger charge is 2.45. The van der Waals surface area contributed by atoms with E-state index in [-0.39, 0.29) is 42.9 Å². The Morgan fingerprint density at radius 2 is 1.73 bits per heavy atom. The molecule has 2 amide bonds. The molecular weight excluding hydrogens is 418 g/mol. The summed E-state index contributed by atoms with van der Waals surface area (Å²) in [6, 6.07) is 7.63. The summed E-state index contributed by atoms with van der Waals surface area (Å²) in [5.41, 5.74) is 0.247. The first-order valence-electron chi connectivity index (χ1n) is 11.5. The van der Waals surface area contributed by atoms with Crippen LogP contribution < -0.4 is 5.32 Å². The van der Waals surface area contributed by atoms with E-state index in [0.29, 0.717) is 5.56 Å². The zero-order valence-electron chi connectivity index (χ0n) is 20.8. The lowest BCUT2D eigenvalue weighted by atomic mass is 9.84. The fourth-order valence-electron chi connectivity index (χ4n) is 3.97. The molecule has 0 radical (unpaired) electrons. The van der Waals surface area contributed by atoms with Crippen molar-refractivity contribution in [1.29, 1.82) is 5.26 Å². The number of benzene rings is 1. The molecule has 1 aliphatic heterocycles. The van der Waals surface area contributed by atoms with Crippen LogP contribution in [0.15, 0.2) is 24.3 Å². The predicted molar refractivity (Wildman–Crippen MR) is 126 cm³/mol. The number of nitrogens with zero attached hydrogens (tertiary/aromatic N) is 2. The molecule has 4 atom stereocenters. The number of nitrogens with one attached hydrogen (secondary N) is 1. The molecule has 180 valence electrons. The van der Waals surface area contributed by atoms with Gasteiger partial charge in [-0.25, -0.2) is 0 Å². The number of carbonyl (C=O) groups is 3. The Kier molecular flexibility index (Phi) is 8.08. The second kappa shape index (κ2) is 10.0. The number of likely N-dealkylation sites (tertiary alicyclic amines) is 1. The molecule has 0 bridgehead atoms. The van der Waals surface area contributed by atoms with Crippen LogP contribution in [0.3, 0.4) is 0 Å². The Balaban J connectivity index is 2.21. The first-order chi connectivity index (χ1) is 15.1. The number of aliphatic hydroxyl groups is 1. The summed E-state index contributed by atoms with van der Waals surface area (Å²) in [6.45, 7) is 12.9. The van der Waals surface area contributed by atoms with Gasteiger partial charge in [0.15, 0.2) is 5.78 Å². The Morgan fingerprint density at radius 3 is 2.21 bits per heavy atom. The van der Waals surface area contributed by atoms with Crippen molar-refractivity contribution >= 4 is 17.6 Å². The highest BCUT2D eigenvalue weighted by atomic mass is 16.3. The molecule has 1 heterocycles. The quantitative estimate of drug-likeness (QED) is 0.685. The van der Waals surface area contributed by atoms with E-state index in [2.05, 4.69) is 11.4 Å². The largest absolute Gasteiger partial charge is 0.391 e. The average molecular weight is 456 g/mol. The lowest BCUT2D eigenvalue weighted by Gasteiger charge is -2.36. The molecule has 33 heavy (non-hydrogen) atoms. The summed E-state index contributed by atoms with van der Waals surface area (Å²) in [6.07, 6.45) is -0.386. The molecule has 1 fully saturated rings. The van der Waals surface area contributed by atoms with Crippen molar-refractivity contribution < 1.29 is 19.5 Å². The second-order valence-corrected chi connectivity index (χ2v) is 11.2. The Morgan fingerprint density at radius 1 is 1.15 bits per heavy atom. The topological polar surface area (TPSA) is 110 Å². The van der Waals surface area contributed by atoms with Crippen molar-refractivity contribution in [3.8, 4) is 6.07 Å². The number of aliphatic hydroxyl groups excluding tert-OH is 1. The van der Waals surface area contributed by atoms with Gasteiger partial charge in [-0.05, 0) is 29.0 Å². The Hall–Kier alpha value is -2.72. The van der Waals surface area contributed by atoms with E-state index in [4.69, 9.17) is 5.26 Å². The van der Waals surface area contributed by atoms with Gasteiger partial charge in [-0.1, -0.05) is 60.6 Å². The number of hydrogen-bond acceptors (Lipinski definition) is 5. The van der Waals surface area contributed by atoms with Crippen LogP contribution in [0.2, 0.25) is 0 Å². The summed E-state index contributed by atoms with van der Waals surface area (Å²) >= 11 is 0. The van der Waals surface area contributed by atoms with Crippen LogP contribution in [-0.4, -0.2) is 52.3 Å². The van der Waals surface area contributed by atoms with E-state index >= 15 is 0 Å². The van der Waals surface area contributed by atoms with Crippen LogP contribution >= 0.6 is 0 Å². The molecule has 0 aromatic heterocycles. The number of ketones is 1. The van der Waals surface area contributed by atoms with Crippen molar-refractivity contribution in [1.82, 2.24) is 10.2 Å². The van der Waals surface area contributed by atoms with Gasteiger partial charge < -0.3 is 15.3 Å². The summed E-state index contributed by atoms with van der Waals surface area (Å²) in [5, 5.41) is 22.2. The maximum atomic E-state index is 13.6. The van der Waals surface area contributed by atoms with Crippen molar-refractivity contribution in [3.05, 3.63) is 35.4 Å². The molecule has 2 rings (SSSR count). The molecule has 1 saturated heterocycles. The number of rotatable bonds is 6. The van der Waals surface area contributed by atoms with Gasteiger partial charge in [-0.15, -0.1) is 0 Å². The molecular formula is C26H37N3O4. The third-order valence-corrected chi connectivity index (χ3v) is 6.12. The summed E-state index contributed by atoms with van der Waals surface area (Å²) in [7, 11) is 0. The molecule has 7 heteroatoms. The standard InChI is InChI=1S/C26H37N3O4/c1-16(18-10-8-17(14-27)9-11-18)12-21(31)20-13-19(30)15-29(20)23(32)22(25(2,3)4)28-24(33)26(5,6)7/h8-11,16,19-20,22,30H,12-13,15H2,1-7H3,(H,28,33). The van der Waals surface area contributed by atoms with Crippen LogP contribution in [0.1, 0.15) is 78.4 Å². The third-order valence-electron chi connectivity index (χ3n) is 6.12. The van der Waals surface area contributed by atoms with E-state index < -0.39 is 29.0 Å². The zero-order valence-corrected chi connectivity index (χ0v) is 20.8. The van der Waals surface area contributed by atoms with Crippen molar-refractivity contribution in [2.45, 2.75) is 85.4 Å². The van der Waals surface area contributed by atoms with Gasteiger partial charge in [0.1, 0.15) is 6.04 Å². The lowest BCUT2D eigenvalue weighted by molar-refractivity contribution is -0.144. The first kappa shape index (κ1) is 26.5. The number of nitriles is 1. The third kappa shape index (κ3) is 6.64. The number of carbonyl (C=O) groups excluding carboxylic acids is 3. The summed E-state index contributed by atoms with van der Waals surface area (Å²) < 4.78 is 0. The predicted octanol–water partition coefficient (Wildman–Crippen LogP) is 3.16. The molecule has 1 aliphatic rings. The van der Waals surface area contributed by atoms with E-state index in [1.54, 1.807) is 32.9 Å². The molecule has 0 spiro atoms. The van der Waals surface area contributed by atoms with Gasteiger partial charge in [-0.2, -0.15) is 5.26 Å². The first-order valence-corrected chi connectivity index (χ1v) is 11.5. The molecule has 1 aromatic rings. The molecule has 7 nitrogen and oxygen atoms in total. The molecule has 2 N–H and O–H groups in total. The monoisotopic (exact) mass is 455 g/mol. The van der Waals surface area contributed by atoms with Gasteiger partial charge in [0.05, 0.1) is 23.8 Å². The zero-order chi connectivity index (χ0) is 25.1. The van der Waals surface area contributed by atoms with Crippen LogP contribution in [0, 0.1) is 22.2 Å². The summed E-state index contributed by atoms with van der Waals surface area (Å²) in [5.74, 6) is -0.806. The minimum atomic E-state index is -0.819. The van der Waals surface area contributed by atoms with Crippen LogP contribution in [0.5, 0.6) is 0 Å². The van der Waals surface area contributed by atoms with Crippen molar-refractivity contribution in [2.75, 3.05) is 6.54 Å². The number of Topliss-reactive ketones (excluding diaryl/α,β-unsaturated/α-hetero) is 1. The minimum absolute atomic E-state index is 0.0679. The number of hydrogen-bond donors (Lipinski definition) is 2. The van der Waals surface area contributed by atoms with Gasteiger partial charge in [0.2, 0.25) is 11.8 Å².